The van der Waals surface area contributed by atoms with Crippen LogP contribution < -0.4 is 10.6 Å². The van der Waals surface area contributed by atoms with E-state index in [1.165, 1.54) is 31.3 Å². The smallest absolute Gasteiger partial charge is 0.280 e. The van der Waals surface area contributed by atoms with Crippen molar-refractivity contribution in [2.75, 3.05) is 19.0 Å². The van der Waals surface area contributed by atoms with Crippen LogP contribution in [-0.2, 0) is 24.3 Å². The third-order valence-electron chi connectivity index (χ3n) is 3.96. The van der Waals surface area contributed by atoms with Crippen molar-refractivity contribution in [1.82, 2.24) is 10.3 Å². The first-order chi connectivity index (χ1) is 13.8. The van der Waals surface area contributed by atoms with Gasteiger partial charge in [-0.25, -0.2) is 13.4 Å². The van der Waals surface area contributed by atoms with Crippen molar-refractivity contribution in [2.45, 2.75) is 23.0 Å². The molecule has 1 heterocycles. The average Bonchev–Trinajstić information content (AvgIpc) is 3.49. The molecule has 1 aromatic carbocycles. The van der Waals surface area contributed by atoms with E-state index in [-0.39, 0.29) is 26.6 Å². The minimum Gasteiger partial charge on any atom is -0.385 e. The van der Waals surface area contributed by atoms with Crippen LogP contribution in [0.5, 0.6) is 0 Å². The Hall–Kier alpha value is -2.86. The molecule has 0 aliphatic heterocycles. The summed E-state index contributed by atoms with van der Waals surface area (Å²) >= 11 is 0.628. The van der Waals surface area contributed by atoms with E-state index >= 15 is 0 Å². The average molecular weight is 440 g/mol. The van der Waals surface area contributed by atoms with Crippen LogP contribution in [0.2, 0.25) is 0 Å². The fourth-order valence-corrected chi connectivity index (χ4v) is 4.49. The van der Waals surface area contributed by atoms with Gasteiger partial charge in [-0.2, -0.15) is 4.39 Å². The van der Waals surface area contributed by atoms with Gasteiger partial charge in [0.15, 0.2) is 32.4 Å². The number of hydrogen-bond donors (Lipinski definition) is 2. The molecule has 0 radical (unpaired) electrons. The zero-order valence-corrected chi connectivity index (χ0v) is 16.8. The molecule has 1 aliphatic carbocycles. The van der Waals surface area contributed by atoms with Gasteiger partial charge >= 0.3 is 0 Å². The molecule has 9 nitrogen and oxygen atoms in total. The summed E-state index contributed by atoms with van der Waals surface area (Å²) in [5, 5.41) is 7.50. The van der Waals surface area contributed by atoms with Gasteiger partial charge in [0.05, 0.1) is 16.3 Å². The Bertz CT molecular complexity index is 1050. The summed E-state index contributed by atoms with van der Waals surface area (Å²) in [4.78, 5) is 32.6. The highest BCUT2D eigenvalue weighted by molar-refractivity contribution is 7.92. The van der Waals surface area contributed by atoms with Crippen LogP contribution in [0.4, 0.5) is 9.52 Å². The topological polar surface area (TPSA) is 127 Å². The van der Waals surface area contributed by atoms with E-state index in [2.05, 4.69) is 20.8 Å². The van der Waals surface area contributed by atoms with Crippen LogP contribution in [0, 0.1) is 5.13 Å². The summed E-state index contributed by atoms with van der Waals surface area (Å²) in [6.45, 7) is -0.423. The third kappa shape index (κ3) is 5.15. The predicted octanol–water partition coefficient (Wildman–Crippen LogP) is 1.32. The number of carbonyl (C=O) groups is 2. The molecule has 0 bridgehead atoms. The Kier molecular flexibility index (Phi) is 6.23. The van der Waals surface area contributed by atoms with Gasteiger partial charge in [0.1, 0.15) is 0 Å². The highest BCUT2D eigenvalue weighted by Crippen LogP contribution is 2.33. The maximum absolute atomic E-state index is 13.1. The molecule has 1 fully saturated rings. The predicted molar refractivity (Wildman–Crippen MR) is 104 cm³/mol. The molecule has 154 valence electrons. The van der Waals surface area contributed by atoms with Crippen molar-refractivity contribution in [1.29, 1.82) is 0 Å². The first kappa shape index (κ1) is 20.9. The molecule has 2 aromatic rings. The zero-order valence-electron chi connectivity index (χ0n) is 15.2. The zero-order chi connectivity index (χ0) is 21.0. The minimum atomic E-state index is -3.38. The van der Waals surface area contributed by atoms with Gasteiger partial charge in [0, 0.05) is 12.6 Å². The Morgan fingerprint density at radius 1 is 1.31 bits per heavy atom. The van der Waals surface area contributed by atoms with Gasteiger partial charge in [-0.3, -0.25) is 14.9 Å². The van der Waals surface area contributed by atoms with Crippen LogP contribution >= 0.6 is 11.3 Å². The van der Waals surface area contributed by atoms with E-state index in [0.29, 0.717) is 24.2 Å². The Morgan fingerprint density at radius 3 is 2.55 bits per heavy atom. The van der Waals surface area contributed by atoms with Gasteiger partial charge in [0.25, 0.3) is 11.8 Å². The second kappa shape index (κ2) is 8.66. The number of amides is 2. The molecule has 0 atom stereocenters. The van der Waals surface area contributed by atoms with Crippen LogP contribution in [-0.4, -0.2) is 49.8 Å². The standard InChI is InChI=1S/C17H17FN4O5S2/c1-19-14(23)9-27-22-15(16(24)21-17-20-8-13(18)28-17)10-2-4-11(5-3-10)29(25,26)12-6-7-12/h2-5,8,12H,6-7,9H2,1H3,(H,19,23)(H,20,21,24). The molecule has 1 saturated carbocycles. The molecule has 0 saturated heterocycles. The number of carbonyl (C=O) groups excluding carboxylic acids is 2. The van der Waals surface area contributed by atoms with Crippen LogP contribution in [0.15, 0.2) is 40.5 Å². The molecule has 29 heavy (non-hydrogen) atoms. The number of nitrogens with one attached hydrogen (secondary N) is 2. The van der Waals surface area contributed by atoms with Gasteiger partial charge in [-0.1, -0.05) is 28.6 Å². The fourth-order valence-electron chi connectivity index (χ4n) is 2.29. The summed E-state index contributed by atoms with van der Waals surface area (Å²) in [6.07, 6.45) is 2.23. The number of oxime groups is 1. The maximum atomic E-state index is 13.1. The van der Waals surface area contributed by atoms with Crippen molar-refractivity contribution < 1.29 is 27.2 Å². The lowest BCUT2D eigenvalue weighted by molar-refractivity contribution is -0.125. The Morgan fingerprint density at radius 2 is 2.00 bits per heavy atom. The Balaban J connectivity index is 1.84. The molecule has 3 rings (SSSR count). The molecule has 12 heteroatoms. The monoisotopic (exact) mass is 440 g/mol. The highest BCUT2D eigenvalue weighted by Gasteiger charge is 2.36. The highest BCUT2D eigenvalue weighted by atomic mass is 32.2. The normalized spacial score (nSPS) is 14.3. The number of likely N-dealkylation sites (N-methyl/N-ethyl adjacent to an activating group) is 1. The van der Waals surface area contributed by atoms with E-state index in [4.69, 9.17) is 4.84 Å². The van der Waals surface area contributed by atoms with Crippen LogP contribution in [0.3, 0.4) is 0 Å². The van der Waals surface area contributed by atoms with E-state index in [0.717, 1.165) is 6.20 Å². The molecule has 0 unspecified atom stereocenters. The maximum Gasteiger partial charge on any atom is 0.280 e. The number of aromatic nitrogens is 1. The molecule has 2 amide bonds. The second-order valence-corrected chi connectivity index (χ2v) is 9.29. The molecule has 2 N–H and O–H groups in total. The first-order valence-corrected chi connectivity index (χ1v) is 10.8. The second-order valence-electron chi connectivity index (χ2n) is 6.08. The van der Waals surface area contributed by atoms with E-state index < -0.39 is 33.4 Å². The number of benzene rings is 1. The SMILES string of the molecule is CNC(=O)CON=C(C(=O)Nc1ncc(F)s1)c1ccc(S(=O)(=O)C2CC2)cc1. The number of hydrogen-bond acceptors (Lipinski definition) is 8. The van der Waals surface area contributed by atoms with Crippen LogP contribution in [0.1, 0.15) is 18.4 Å². The molecular weight excluding hydrogens is 423 g/mol. The summed E-state index contributed by atoms with van der Waals surface area (Å²) < 4.78 is 37.7. The van der Waals surface area contributed by atoms with Gasteiger partial charge in [-0.15, -0.1) is 0 Å². The van der Waals surface area contributed by atoms with Gasteiger partial charge in [-0.05, 0) is 25.0 Å². The number of thiazole rings is 1. The van der Waals surface area contributed by atoms with Crippen molar-refractivity contribution >= 4 is 43.8 Å². The number of anilines is 1. The quantitative estimate of drug-likeness (QED) is 0.471. The number of rotatable bonds is 8. The van der Waals surface area contributed by atoms with E-state index in [1.807, 2.05) is 0 Å². The summed E-state index contributed by atoms with van der Waals surface area (Å²) in [7, 11) is -1.96. The van der Waals surface area contributed by atoms with E-state index in [9.17, 15) is 22.4 Å². The first-order valence-electron chi connectivity index (χ1n) is 8.49. The lowest BCUT2D eigenvalue weighted by Crippen LogP contribution is -2.26. The summed E-state index contributed by atoms with van der Waals surface area (Å²) in [5.41, 5.74) is 0.0334. The van der Waals surface area contributed by atoms with Gasteiger partial charge < -0.3 is 10.2 Å². The molecule has 1 aromatic heterocycles. The lowest BCUT2D eigenvalue weighted by Gasteiger charge is -2.08. The van der Waals surface area contributed by atoms with Crippen molar-refractivity contribution in [2.24, 2.45) is 5.16 Å². The van der Waals surface area contributed by atoms with Gasteiger partial charge in [0.2, 0.25) is 0 Å². The minimum absolute atomic E-state index is 0.0134. The van der Waals surface area contributed by atoms with E-state index in [1.54, 1.807) is 0 Å². The van der Waals surface area contributed by atoms with Crippen molar-refractivity contribution in [3.8, 4) is 0 Å². The number of sulfone groups is 1. The molecule has 0 spiro atoms. The van der Waals surface area contributed by atoms with Crippen molar-refractivity contribution in [3.05, 3.63) is 41.2 Å². The fraction of sp³-hybridized carbons (Fsp3) is 0.294. The number of halogens is 1. The molecule has 1 aliphatic rings. The number of nitrogens with zero attached hydrogens (tertiary/aromatic N) is 2. The summed E-state index contributed by atoms with van der Waals surface area (Å²) in [5.74, 6) is -1.21. The molecular formula is C17H17FN4O5S2. The Labute approximate surface area is 169 Å². The van der Waals surface area contributed by atoms with Crippen LogP contribution in [0.25, 0.3) is 0 Å². The summed E-state index contributed by atoms with van der Waals surface area (Å²) in [6, 6.07) is 5.60. The van der Waals surface area contributed by atoms with Crippen molar-refractivity contribution in [3.63, 3.8) is 0 Å². The third-order valence-corrected chi connectivity index (χ3v) is 6.94. The lowest BCUT2D eigenvalue weighted by atomic mass is 10.1. The largest absolute Gasteiger partial charge is 0.385 e.